The first-order chi connectivity index (χ1) is 8.31. The van der Waals surface area contributed by atoms with E-state index in [2.05, 4.69) is 9.97 Å². The highest BCUT2D eigenvalue weighted by molar-refractivity contribution is 5.86. The number of carbonyl (C=O) groups excluding carboxylic acids is 1. The van der Waals surface area contributed by atoms with Crippen LogP contribution < -0.4 is 0 Å². The summed E-state index contributed by atoms with van der Waals surface area (Å²) in [5.41, 5.74) is 1.88. The van der Waals surface area contributed by atoms with Gasteiger partial charge in [-0.25, -0.2) is 4.98 Å². The number of hydrogen-bond donors (Lipinski definition) is 1. The highest BCUT2D eigenvalue weighted by Gasteiger charge is 2.01. The second-order valence-electron chi connectivity index (χ2n) is 3.56. The summed E-state index contributed by atoms with van der Waals surface area (Å²) in [7, 11) is 0. The summed E-state index contributed by atoms with van der Waals surface area (Å²) in [6, 6.07) is 3.88. The molecule has 2 aromatic heterocycles. The summed E-state index contributed by atoms with van der Waals surface area (Å²) in [4.78, 5) is 18.4. The summed E-state index contributed by atoms with van der Waals surface area (Å²) in [5, 5.41) is 1.05. The minimum absolute atomic E-state index is 0.207. The van der Waals surface area contributed by atoms with Gasteiger partial charge in [-0.15, -0.1) is 0 Å². The van der Waals surface area contributed by atoms with Gasteiger partial charge in [-0.05, 0) is 19.1 Å². The minimum atomic E-state index is -0.207. The van der Waals surface area contributed by atoms with Gasteiger partial charge in [0, 0.05) is 23.3 Å². The first-order valence-corrected chi connectivity index (χ1v) is 5.55. The first-order valence-electron chi connectivity index (χ1n) is 5.55. The molecule has 0 aliphatic rings. The van der Waals surface area contributed by atoms with Gasteiger partial charge in [-0.3, -0.25) is 4.79 Å². The number of hydrogen-bond acceptors (Lipinski definition) is 3. The van der Waals surface area contributed by atoms with Crippen molar-refractivity contribution in [1.82, 2.24) is 9.97 Å². The smallest absolute Gasteiger partial charge is 0.309 e. The number of rotatable bonds is 4. The van der Waals surface area contributed by atoms with Crippen LogP contribution in [0.15, 0.2) is 30.6 Å². The lowest BCUT2D eigenvalue weighted by atomic mass is 10.2. The molecular weight excluding hydrogens is 216 g/mol. The van der Waals surface area contributed by atoms with Crippen LogP contribution in [0.5, 0.6) is 0 Å². The van der Waals surface area contributed by atoms with Gasteiger partial charge in [0.25, 0.3) is 0 Å². The van der Waals surface area contributed by atoms with Crippen LogP contribution in [-0.4, -0.2) is 22.5 Å². The zero-order valence-electron chi connectivity index (χ0n) is 9.64. The maximum Gasteiger partial charge on any atom is 0.309 e. The maximum atomic E-state index is 11.1. The van der Waals surface area contributed by atoms with Crippen molar-refractivity contribution >= 4 is 23.1 Å². The van der Waals surface area contributed by atoms with Gasteiger partial charge in [-0.1, -0.05) is 12.2 Å². The van der Waals surface area contributed by atoms with Crippen LogP contribution in [0.1, 0.15) is 18.9 Å². The molecule has 0 bridgehead atoms. The van der Waals surface area contributed by atoms with E-state index >= 15 is 0 Å². The number of aromatic amines is 1. The Kier molecular flexibility index (Phi) is 3.55. The van der Waals surface area contributed by atoms with Crippen LogP contribution in [0.3, 0.4) is 0 Å². The van der Waals surface area contributed by atoms with Crippen LogP contribution in [0.4, 0.5) is 0 Å². The molecule has 0 saturated carbocycles. The number of pyridine rings is 1. The quantitative estimate of drug-likeness (QED) is 0.821. The standard InChI is InChI=1S/C13H14N2O2/c1-2-17-12(16)7-3-5-10-9-15-13-11(10)6-4-8-14-13/h3-6,8-9H,2,7H2,1H3,(H,14,15). The molecule has 0 saturated heterocycles. The Hall–Kier alpha value is -2.10. The topological polar surface area (TPSA) is 55.0 Å². The summed E-state index contributed by atoms with van der Waals surface area (Å²) in [6.45, 7) is 2.22. The van der Waals surface area contributed by atoms with Crippen molar-refractivity contribution in [2.24, 2.45) is 0 Å². The third kappa shape index (κ3) is 2.72. The summed E-state index contributed by atoms with van der Waals surface area (Å²) in [6.07, 6.45) is 7.61. The number of nitrogens with zero attached hydrogens (tertiary/aromatic N) is 1. The van der Waals surface area contributed by atoms with Crippen LogP contribution >= 0.6 is 0 Å². The van der Waals surface area contributed by atoms with E-state index in [9.17, 15) is 4.79 Å². The number of H-pyrrole nitrogens is 1. The van der Waals surface area contributed by atoms with E-state index in [0.717, 1.165) is 16.6 Å². The van der Waals surface area contributed by atoms with Gasteiger partial charge in [0.2, 0.25) is 0 Å². The molecule has 0 unspecified atom stereocenters. The van der Waals surface area contributed by atoms with E-state index in [4.69, 9.17) is 4.74 Å². The van der Waals surface area contributed by atoms with Gasteiger partial charge in [0.05, 0.1) is 13.0 Å². The second kappa shape index (κ2) is 5.30. The van der Waals surface area contributed by atoms with Gasteiger partial charge in [-0.2, -0.15) is 0 Å². The lowest BCUT2D eigenvalue weighted by Crippen LogP contribution is -2.01. The minimum Gasteiger partial charge on any atom is -0.466 e. The Morgan fingerprint density at radius 1 is 1.59 bits per heavy atom. The van der Waals surface area contributed by atoms with Crippen molar-refractivity contribution in [3.8, 4) is 0 Å². The fraction of sp³-hybridized carbons (Fsp3) is 0.231. The highest BCUT2D eigenvalue weighted by Crippen LogP contribution is 2.16. The van der Waals surface area contributed by atoms with Crippen molar-refractivity contribution < 1.29 is 9.53 Å². The van der Waals surface area contributed by atoms with Crippen LogP contribution in [-0.2, 0) is 9.53 Å². The number of aromatic nitrogens is 2. The van der Waals surface area contributed by atoms with Crippen molar-refractivity contribution in [3.63, 3.8) is 0 Å². The SMILES string of the molecule is CCOC(=O)CC=Cc1c[nH]c2ncccc12. The molecule has 0 atom stereocenters. The van der Waals surface area contributed by atoms with Gasteiger partial charge in [0.1, 0.15) is 5.65 Å². The first kappa shape index (κ1) is 11.4. The fourth-order valence-electron chi connectivity index (χ4n) is 1.62. The van der Waals surface area contributed by atoms with E-state index in [1.165, 1.54) is 0 Å². The molecule has 0 amide bonds. The monoisotopic (exact) mass is 230 g/mol. The van der Waals surface area contributed by atoms with E-state index in [-0.39, 0.29) is 5.97 Å². The van der Waals surface area contributed by atoms with Crippen LogP contribution in [0.2, 0.25) is 0 Å². The molecule has 0 aromatic carbocycles. The van der Waals surface area contributed by atoms with Crippen molar-refractivity contribution in [3.05, 3.63) is 36.2 Å². The number of ether oxygens (including phenoxy) is 1. The Labute approximate surface area is 99.3 Å². The van der Waals surface area contributed by atoms with Crippen molar-refractivity contribution in [2.45, 2.75) is 13.3 Å². The normalized spacial score (nSPS) is 11.1. The van der Waals surface area contributed by atoms with Gasteiger partial charge >= 0.3 is 5.97 Å². The van der Waals surface area contributed by atoms with Crippen molar-refractivity contribution in [2.75, 3.05) is 6.61 Å². The Bertz CT molecular complexity index is 543. The third-order valence-electron chi connectivity index (χ3n) is 2.37. The van der Waals surface area contributed by atoms with Gasteiger partial charge in [0.15, 0.2) is 0 Å². The largest absolute Gasteiger partial charge is 0.466 e. The molecule has 0 spiro atoms. The molecule has 2 aromatic rings. The van der Waals surface area contributed by atoms with E-state index in [1.54, 1.807) is 19.2 Å². The molecule has 1 N–H and O–H groups in total. The number of nitrogens with one attached hydrogen (secondary N) is 1. The van der Waals surface area contributed by atoms with Crippen LogP contribution in [0.25, 0.3) is 17.1 Å². The molecule has 88 valence electrons. The van der Waals surface area contributed by atoms with E-state index < -0.39 is 0 Å². The third-order valence-corrected chi connectivity index (χ3v) is 2.37. The Morgan fingerprint density at radius 2 is 2.47 bits per heavy atom. The lowest BCUT2D eigenvalue weighted by molar-refractivity contribution is -0.142. The molecule has 4 heteroatoms. The molecule has 17 heavy (non-hydrogen) atoms. The molecule has 0 radical (unpaired) electrons. The average Bonchev–Trinajstić information content (AvgIpc) is 2.73. The predicted octanol–water partition coefficient (Wildman–Crippen LogP) is 2.53. The summed E-state index contributed by atoms with van der Waals surface area (Å²) >= 11 is 0. The molecule has 2 rings (SSSR count). The second-order valence-corrected chi connectivity index (χ2v) is 3.56. The van der Waals surface area contributed by atoms with Crippen LogP contribution in [0, 0.1) is 0 Å². The molecule has 0 fully saturated rings. The molecule has 0 aliphatic heterocycles. The lowest BCUT2D eigenvalue weighted by Gasteiger charge is -1.96. The number of fused-ring (bicyclic) bond motifs is 1. The highest BCUT2D eigenvalue weighted by atomic mass is 16.5. The zero-order chi connectivity index (χ0) is 12.1. The maximum absolute atomic E-state index is 11.1. The number of carbonyl (C=O) groups is 1. The Balaban J connectivity index is 2.08. The molecule has 2 heterocycles. The molecular formula is C13H14N2O2. The predicted molar refractivity (Wildman–Crippen MR) is 66.4 cm³/mol. The molecule has 4 nitrogen and oxygen atoms in total. The molecule has 0 aliphatic carbocycles. The van der Waals surface area contributed by atoms with E-state index in [0.29, 0.717) is 13.0 Å². The van der Waals surface area contributed by atoms with Crippen molar-refractivity contribution in [1.29, 1.82) is 0 Å². The Morgan fingerprint density at radius 3 is 3.29 bits per heavy atom. The summed E-state index contributed by atoms with van der Waals surface area (Å²) in [5.74, 6) is -0.207. The van der Waals surface area contributed by atoms with Gasteiger partial charge < -0.3 is 9.72 Å². The van der Waals surface area contributed by atoms with E-state index in [1.807, 2.05) is 24.4 Å². The zero-order valence-corrected chi connectivity index (χ0v) is 9.64. The fourth-order valence-corrected chi connectivity index (χ4v) is 1.62. The summed E-state index contributed by atoms with van der Waals surface area (Å²) < 4.78 is 4.84. The number of esters is 1. The average molecular weight is 230 g/mol.